The summed E-state index contributed by atoms with van der Waals surface area (Å²) >= 11 is 0. The molecular formula is C13H15O2. The summed E-state index contributed by atoms with van der Waals surface area (Å²) in [4.78, 5) is 0. The van der Waals surface area contributed by atoms with Gasteiger partial charge in [-0.2, -0.15) is 0 Å². The van der Waals surface area contributed by atoms with Crippen LogP contribution in [0.4, 0.5) is 0 Å². The van der Waals surface area contributed by atoms with E-state index in [4.69, 9.17) is 9.47 Å². The zero-order valence-corrected chi connectivity index (χ0v) is 8.69. The minimum absolute atomic E-state index is 0.397. The van der Waals surface area contributed by atoms with Crippen LogP contribution in [0, 0.1) is 12.2 Å². The average Bonchev–Trinajstić information content (AvgIpc) is 2.77. The van der Waals surface area contributed by atoms with Crippen molar-refractivity contribution in [1.82, 2.24) is 0 Å². The fraction of sp³-hybridized carbons (Fsp3) is 0.462. The number of hydrogen-bond donors (Lipinski definition) is 0. The summed E-state index contributed by atoms with van der Waals surface area (Å²) in [6.07, 6.45) is 4.84. The van der Waals surface area contributed by atoms with E-state index in [-0.39, 0.29) is 0 Å². The van der Waals surface area contributed by atoms with Gasteiger partial charge in [-0.1, -0.05) is 36.8 Å². The van der Waals surface area contributed by atoms with Gasteiger partial charge in [0.15, 0.2) is 0 Å². The van der Waals surface area contributed by atoms with Gasteiger partial charge in [-0.3, -0.25) is 0 Å². The topological polar surface area (TPSA) is 18.5 Å². The highest BCUT2D eigenvalue weighted by molar-refractivity contribution is 5.24. The van der Waals surface area contributed by atoms with Crippen LogP contribution in [-0.2, 0) is 9.47 Å². The van der Waals surface area contributed by atoms with Crippen molar-refractivity contribution in [1.29, 1.82) is 0 Å². The summed E-state index contributed by atoms with van der Waals surface area (Å²) in [6.45, 7) is 0.828. The third-order valence-corrected chi connectivity index (χ3v) is 3.29. The molecule has 1 saturated carbocycles. The molecule has 0 aromatic heterocycles. The predicted octanol–water partition coefficient (Wildman–Crippen LogP) is 2.74. The van der Waals surface area contributed by atoms with E-state index in [9.17, 15) is 0 Å². The second kappa shape index (κ2) is 3.95. The second-order valence-corrected chi connectivity index (χ2v) is 4.31. The van der Waals surface area contributed by atoms with Crippen molar-refractivity contribution in [2.75, 3.05) is 6.61 Å². The van der Waals surface area contributed by atoms with Gasteiger partial charge in [0.1, 0.15) is 0 Å². The van der Waals surface area contributed by atoms with Gasteiger partial charge in [-0.25, -0.2) is 0 Å². The molecule has 2 nitrogen and oxygen atoms in total. The van der Waals surface area contributed by atoms with Crippen LogP contribution in [0.1, 0.15) is 24.8 Å². The quantitative estimate of drug-likeness (QED) is 0.698. The van der Waals surface area contributed by atoms with Gasteiger partial charge < -0.3 is 9.47 Å². The molecule has 0 amide bonds. The first-order valence-electron chi connectivity index (χ1n) is 5.65. The van der Waals surface area contributed by atoms with E-state index in [2.05, 4.69) is 0 Å². The second-order valence-electron chi connectivity index (χ2n) is 4.31. The lowest BCUT2D eigenvalue weighted by Crippen LogP contribution is -2.32. The van der Waals surface area contributed by atoms with Crippen molar-refractivity contribution >= 4 is 0 Å². The molecule has 0 bridgehead atoms. The van der Waals surface area contributed by atoms with Crippen molar-refractivity contribution in [2.45, 2.75) is 25.4 Å². The number of ether oxygens (including phenoxy) is 2. The van der Waals surface area contributed by atoms with Crippen LogP contribution in [0.15, 0.2) is 30.3 Å². The molecule has 0 spiro atoms. The maximum Gasteiger partial charge on any atom is 0.256 e. The SMILES string of the molecule is c1ccc([C]2OC[C@H]3CCC[C@H]3O2)cc1. The van der Waals surface area contributed by atoms with Crippen LogP contribution in [0.2, 0.25) is 0 Å². The number of rotatable bonds is 1. The van der Waals surface area contributed by atoms with E-state index >= 15 is 0 Å². The Kier molecular flexibility index (Phi) is 2.47. The average molecular weight is 203 g/mol. The van der Waals surface area contributed by atoms with E-state index in [0.29, 0.717) is 12.0 Å². The number of fused-ring (bicyclic) bond motifs is 1. The molecule has 1 aliphatic carbocycles. The molecule has 0 unspecified atom stereocenters. The van der Waals surface area contributed by atoms with Crippen LogP contribution in [0.25, 0.3) is 0 Å². The molecule has 2 aliphatic rings. The Bertz CT molecular complexity index is 323. The third-order valence-electron chi connectivity index (χ3n) is 3.29. The lowest BCUT2D eigenvalue weighted by atomic mass is 10.1. The van der Waals surface area contributed by atoms with Crippen molar-refractivity contribution < 1.29 is 9.47 Å². The maximum atomic E-state index is 5.89. The maximum absolute atomic E-state index is 5.89. The van der Waals surface area contributed by atoms with Crippen molar-refractivity contribution in [3.8, 4) is 0 Å². The number of hydrogen-bond acceptors (Lipinski definition) is 2. The van der Waals surface area contributed by atoms with E-state index in [1.165, 1.54) is 19.3 Å². The summed E-state index contributed by atoms with van der Waals surface area (Å²) in [7, 11) is 0. The van der Waals surface area contributed by atoms with Crippen molar-refractivity contribution in [2.24, 2.45) is 5.92 Å². The zero-order chi connectivity index (χ0) is 10.1. The predicted molar refractivity (Wildman–Crippen MR) is 57.0 cm³/mol. The molecule has 1 aromatic carbocycles. The molecule has 1 radical (unpaired) electrons. The van der Waals surface area contributed by atoms with Crippen LogP contribution >= 0.6 is 0 Å². The van der Waals surface area contributed by atoms with Gasteiger partial charge in [-0.05, 0) is 12.8 Å². The van der Waals surface area contributed by atoms with Crippen LogP contribution < -0.4 is 0 Å². The van der Waals surface area contributed by atoms with Gasteiger partial charge in [-0.15, -0.1) is 0 Å². The smallest absolute Gasteiger partial charge is 0.256 e. The van der Waals surface area contributed by atoms with E-state index in [1.807, 2.05) is 30.3 Å². The highest BCUT2D eigenvalue weighted by Crippen LogP contribution is 2.37. The molecule has 1 aliphatic heterocycles. The lowest BCUT2D eigenvalue weighted by Gasteiger charge is -2.31. The molecule has 1 aromatic rings. The highest BCUT2D eigenvalue weighted by atomic mass is 16.7. The largest absolute Gasteiger partial charge is 0.341 e. The standard InChI is InChI=1S/C13H15O2/c1-2-5-10(6-3-1)13-14-9-11-7-4-8-12(11)15-13/h1-3,5-6,11-12H,4,7-9H2/t11-,12-/m1/s1. The minimum Gasteiger partial charge on any atom is -0.341 e. The Morgan fingerprint density at radius 1 is 1.07 bits per heavy atom. The molecule has 1 saturated heterocycles. The van der Waals surface area contributed by atoms with Gasteiger partial charge in [0.2, 0.25) is 0 Å². The molecule has 2 atom stereocenters. The fourth-order valence-electron chi connectivity index (χ4n) is 2.43. The van der Waals surface area contributed by atoms with Crippen LogP contribution in [-0.4, -0.2) is 12.7 Å². The molecule has 3 rings (SSSR count). The zero-order valence-electron chi connectivity index (χ0n) is 8.69. The Balaban J connectivity index is 1.74. The summed E-state index contributed by atoms with van der Waals surface area (Å²) in [5, 5.41) is 0. The third kappa shape index (κ3) is 1.80. The molecule has 1 heterocycles. The van der Waals surface area contributed by atoms with Crippen molar-refractivity contribution in [3.05, 3.63) is 42.2 Å². The molecular weight excluding hydrogens is 188 g/mol. The van der Waals surface area contributed by atoms with Crippen LogP contribution in [0.3, 0.4) is 0 Å². The van der Waals surface area contributed by atoms with E-state index < -0.39 is 0 Å². The Morgan fingerprint density at radius 3 is 2.80 bits per heavy atom. The minimum atomic E-state index is 0.397. The van der Waals surface area contributed by atoms with Gasteiger partial charge in [0.05, 0.1) is 12.7 Å². The first-order chi connectivity index (χ1) is 7.43. The Morgan fingerprint density at radius 2 is 1.93 bits per heavy atom. The molecule has 15 heavy (non-hydrogen) atoms. The molecule has 0 N–H and O–H groups in total. The van der Waals surface area contributed by atoms with Gasteiger partial charge in [0, 0.05) is 11.5 Å². The fourth-order valence-corrected chi connectivity index (χ4v) is 2.43. The molecule has 2 heteroatoms. The summed E-state index contributed by atoms with van der Waals surface area (Å²) in [6, 6.07) is 10.1. The monoisotopic (exact) mass is 203 g/mol. The van der Waals surface area contributed by atoms with E-state index in [0.717, 1.165) is 18.5 Å². The summed E-state index contributed by atoms with van der Waals surface area (Å²) in [5.41, 5.74) is 1.06. The molecule has 79 valence electrons. The van der Waals surface area contributed by atoms with Gasteiger partial charge in [0.25, 0.3) is 6.29 Å². The van der Waals surface area contributed by atoms with Crippen LogP contribution in [0.5, 0.6) is 0 Å². The van der Waals surface area contributed by atoms with Crippen molar-refractivity contribution in [3.63, 3.8) is 0 Å². The first-order valence-corrected chi connectivity index (χ1v) is 5.65. The number of benzene rings is 1. The first kappa shape index (κ1) is 9.37. The van der Waals surface area contributed by atoms with Gasteiger partial charge >= 0.3 is 0 Å². The summed E-state index contributed by atoms with van der Waals surface area (Å²) < 4.78 is 11.6. The Labute approximate surface area is 90.2 Å². The highest BCUT2D eigenvalue weighted by Gasteiger charge is 2.36. The molecule has 2 fully saturated rings. The van der Waals surface area contributed by atoms with E-state index in [1.54, 1.807) is 0 Å². The lowest BCUT2D eigenvalue weighted by molar-refractivity contribution is -0.135. The Hall–Kier alpha value is -0.860. The summed E-state index contributed by atoms with van der Waals surface area (Å²) in [5.74, 6) is 0.623. The normalized spacial score (nSPS) is 31.5.